The zero-order valence-corrected chi connectivity index (χ0v) is 14.5. The first-order chi connectivity index (χ1) is 10.7. The van der Waals surface area contributed by atoms with Gasteiger partial charge in [0.15, 0.2) is 4.90 Å². The summed E-state index contributed by atoms with van der Waals surface area (Å²) in [6.07, 6.45) is 1.99. The Morgan fingerprint density at radius 1 is 1.04 bits per heavy atom. The molecule has 23 heavy (non-hydrogen) atoms. The quantitative estimate of drug-likeness (QED) is 0.764. The molecule has 2 aromatic rings. The van der Waals surface area contributed by atoms with Crippen molar-refractivity contribution in [2.75, 3.05) is 18.8 Å². The molecule has 5 heteroatoms. The van der Waals surface area contributed by atoms with Crippen LogP contribution >= 0.6 is 12.4 Å². The van der Waals surface area contributed by atoms with Crippen molar-refractivity contribution in [3.05, 3.63) is 65.5 Å². The maximum Gasteiger partial charge on any atom is 0.152 e. The van der Waals surface area contributed by atoms with Crippen molar-refractivity contribution in [1.29, 1.82) is 0 Å². The molecule has 0 aliphatic carbocycles. The second kappa shape index (κ2) is 8.69. The second-order valence-electron chi connectivity index (χ2n) is 5.65. The topological polar surface area (TPSA) is 26.3 Å². The molecule has 0 radical (unpaired) electrons. The van der Waals surface area contributed by atoms with Crippen LogP contribution in [0.2, 0.25) is 0 Å². The molecule has 2 aromatic carbocycles. The van der Waals surface area contributed by atoms with E-state index < -0.39 is 11.2 Å². The van der Waals surface area contributed by atoms with Gasteiger partial charge in [-0.05, 0) is 53.0 Å². The van der Waals surface area contributed by atoms with E-state index >= 15 is 0 Å². The molecule has 1 heterocycles. The number of hydrogen-bond acceptors (Lipinski definition) is 2. The van der Waals surface area contributed by atoms with E-state index in [2.05, 4.69) is 29.2 Å². The summed E-state index contributed by atoms with van der Waals surface area (Å²) in [7, 11) is 0. The number of halogens is 2. The average Bonchev–Trinajstić information content (AvgIpc) is 2.55. The van der Waals surface area contributed by atoms with E-state index in [1.165, 1.54) is 23.3 Å². The van der Waals surface area contributed by atoms with Gasteiger partial charge in [0.1, 0.15) is 11.6 Å². The van der Waals surface area contributed by atoms with Crippen LogP contribution < -0.4 is 0 Å². The molecular formula is C18H21ClFNOS. The SMILES string of the molecule is Cl.[O-][S+](CCCN1CCc2ccccc2C1)c1ccc(F)cc1. The zero-order chi connectivity index (χ0) is 15.4. The highest BCUT2D eigenvalue weighted by Gasteiger charge is 2.17. The van der Waals surface area contributed by atoms with Crippen LogP contribution in [0.4, 0.5) is 4.39 Å². The van der Waals surface area contributed by atoms with E-state index in [0.29, 0.717) is 10.6 Å². The van der Waals surface area contributed by atoms with Crippen LogP contribution in [0.5, 0.6) is 0 Å². The predicted octanol–water partition coefficient (Wildman–Crippen LogP) is 3.80. The second-order valence-corrected chi connectivity index (χ2v) is 7.22. The molecule has 1 atom stereocenters. The fourth-order valence-electron chi connectivity index (χ4n) is 2.87. The zero-order valence-electron chi connectivity index (χ0n) is 12.9. The van der Waals surface area contributed by atoms with Crippen LogP contribution in [0.3, 0.4) is 0 Å². The molecule has 0 saturated heterocycles. The molecule has 3 rings (SSSR count). The fourth-order valence-corrected chi connectivity index (χ4v) is 3.94. The van der Waals surface area contributed by atoms with Crippen LogP contribution in [0.25, 0.3) is 0 Å². The minimum atomic E-state index is -1.03. The monoisotopic (exact) mass is 353 g/mol. The van der Waals surface area contributed by atoms with Crippen LogP contribution in [0.15, 0.2) is 53.4 Å². The number of benzene rings is 2. The van der Waals surface area contributed by atoms with Gasteiger partial charge in [-0.2, -0.15) is 0 Å². The summed E-state index contributed by atoms with van der Waals surface area (Å²) in [6, 6.07) is 14.6. The van der Waals surface area contributed by atoms with E-state index in [9.17, 15) is 8.94 Å². The van der Waals surface area contributed by atoms with Crippen molar-refractivity contribution >= 4 is 23.6 Å². The third-order valence-corrected chi connectivity index (χ3v) is 5.55. The Morgan fingerprint density at radius 3 is 2.48 bits per heavy atom. The van der Waals surface area contributed by atoms with Gasteiger partial charge in [0.2, 0.25) is 0 Å². The molecule has 0 N–H and O–H groups in total. The fraction of sp³-hybridized carbons (Fsp3) is 0.333. The lowest BCUT2D eigenvalue weighted by Gasteiger charge is -2.28. The van der Waals surface area contributed by atoms with Crippen LogP contribution in [0.1, 0.15) is 17.5 Å². The molecule has 1 aliphatic heterocycles. The van der Waals surface area contributed by atoms with Gasteiger partial charge in [0.25, 0.3) is 0 Å². The lowest BCUT2D eigenvalue weighted by atomic mass is 10.00. The normalized spacial score (nSPS) is 15.6. The Hall–Kier alpha value is -1.07. The average molecular weight is 354 g/mol. The molecule has 0 bridgehead atoms. The summed E-state index contributed by atoms with van der Waals surface area (Å²) < 4.78 is 25.0. The summed E-state index contributed by atoms with van der Waals surface area (Å²) in [5, 5.41) is 0. The van der Waals surface area contributed by atoms with E-state index in [1.54, 1.807) is 12.1 Å². The first-order valence-electron chi connectivity index (χ1n) is 7.65. The summed E-state index contributed by atoms with van der Waals surface area (Å²) in [4.78, 5) is 3.13. The summed E-state index contributed by atoms with van der Waals surface area (Å²) in [5.41, 5.74) is 2.86. The van der Waals surface area contributed by atoms with Gasteiger partial charge in [0.05, 0.1) is 0 Å². The van der Waals surface area contributed by atoms with Crippen molar-refractivity contribution in [3.8, 4) is 0 Å². The molecule has 0 amide bonds. The Bertz CT molecular complexity index is 623. The largest absolute Gasteiger partial charge is 0.611 e. The molecule has 0 aromatic heterocycles. The minimum absolute atomic E-state index is 0. The van der Waals surface area contributed by atoms with E-state index in [4.69, 9.17) is 0 Å². The van der Waals surface area contributed by atoms with Gasteiger partial charge in [0, 0.05) is 26.1 Å². The molecular weight excluding hydrogens is 333 g/mol. The Kier molecular flexibility index (Phi) is 6.90. The molecule has 0 spiro atoms. The summed E-state index contributed by atoms with van der Waals surface area (Å²) in [5.74, 6) is 0.344. The van der Waals surface area contributed by atoms with Gasteiger partial charge in [-0.15, -0.1) is 12.4 Å². The van der Waals surface area contributed by atoms with E-state index in [1.807, 2.05) is 0 Å². The standard InChI is InChI=1S/C18H20FNOS.ClH/c19-17-6-8-18(9-7-17)22(21)13-3-11-20-12-10-15-4-1-2-5-16(15)14-20;/h1-2,4-9H,3,10-14H2;1H. The van der Waals surface area contributed by atoms with Crippen molar-refractivity contribution in [2.24, 2.45) is 0 Å². The molecule has 124 valence electrons. The number of nitrogens with zero attached hydrogens (tertiary/aromatic N) is 1. The van der Waals surface area contributed by atoms with Gasteiger partial charge < -0.3 is 4.55 Å². The highest BCUT2D eigenvalue weighted by Crippen LogP contribution is 2.19. The molecule has 0 saturated carbocycles. The Morgan fingerprint density at radius 2 is 1.74 bits per heavy atom. The minimum Gasteiger partial charge on any atom is -0.611 e. The molecule has 1 aliphatic rings. The van der Waals surface area contributed by atoms with Crippen molar-refractivity contribution in [1.82, 2.24) is 4.90 Å². The predicted molar refractivity (Wildman–Crippen MR) is 95.0 cm³/mol. The van der Waals surface area contributed by atoms with E-state index in [-0.39, 0.29) is 18.2 Å². The molecule has 2 nitrogen and oxygen atoms in total. The lowest BCUT2D eigenvalue weighted by Crippen LogP contribution is -2.32. The molecule has 1 unspecified atom stereocenters. The lowest BCUT2D eigenvalue weighted by molar-refractivity contribution is 0.255. The van der Waals surface area contributed by atoms with Crippen LogP contribution in [-0.4, -0.2) is 28.3 Å². The highest BCUT2D eigenvalue weighted by atomic mass is 35.5. The van der Waals surface area contributed by atoms with E-state index in [0.717, 1.165) is 32.5 Å². The van der Waals surface area contributed by atoms with Gasteiger partial charge in [-0.1, -0.05) is 24.3 Å². The third kappa shape index (κ3) is 4.95. The number of rotatable bonds is 5. The maximum absolute atomic E-state index is 12.9. The number of fused-ring (bicyclic) bond motifs is 1. The highest BCUT2D eigenvalue weighted by molar-refractivity contribution is 7.91. The molecule has 0 fully saturated rings. The van der Waals surface area contributed by atoms with Crippen LogP contribution in [0, 0.1) is 5.82 Å². The first-order valence-corrected chi connectivity index (χ1v) is 8.97. The Balaban J connectivity index is 0.00000192. The summed E-state index contributed by atoms with van der Waals surface area (Å²) >= 11 is -1.03. The third-order valence-electron chi connectivity index (χ3n) is 4.09. The van der Waals surface area contributed by atoms with Gasteiger partial charge >= 0.3 is 0 Å². The van der Waals surface area contributed by atoms with Crippen molar-refractivity contribution in [3.63, 3.8) is 0 Å². The Labute approximate surface area is 146 Å². The van der Waals surface area contributed by atoms with Crippen LogP contribution in [-0.2, 0) is 24.1 Å². The van der Waals surface area contributed by atoms with Crippen molar-refractivity contribution in [2.45, 2.75) is 24.3 Å². The smallest absolute Gasteiger partial charge is 0.152 e. The van der Waals surface area contributed by atoms with Gasteiger partial charge in [-0.3, -0.25) is 4.90 Å². The summed E-state index contributed by atoms with van der Waals surface area (Å²) in [6.45, 7) is 3.01. The van der Waals surface area contributed by atoms with Crippen molar-refractivity contribution < 1.29 is 8.94 Å². The first kappa shape index (κ1) is 18.3. The van der Waals surface area contributed by atoms with Gasteiger partial charge in [-0.25, -0.2) is 4.39 Å². The maximum atomic E-state index is 12.9. The number of hydrogen-bond donors (Lipinski definition) is 0.